The van der Waals surface area contributed by atoms with Gasteiger partial charge in [-0.25, -0.2) is 9.59 Å². The summed E-state index contributed by atoms with van der Waals surface area (Å²) < 4.78 is 13.7. The Balaban J connectivity index is 0. The third-order valence-corrected chi connectivity index (χ3v) is 1.22. The van der Waals surface area contributed by atoms with Gasteiger partial charge in [-0.2, -0.15) is 0 Å². The summed E-state index contributed by atoms with van der Waals surface area (Å²) in [6, 6.07) is 0. The molecule has 0 aromatic rings. The molecular formula is C11H18O5. The Kier molecular flexibility index (Phi) is 12.0. The van der Waals surface area contributed by atoms with E-state index in [0.29, 0.717) is 6.61 Å². The first-order valence-corrected chi connectivity index (χ1v) is 4.66. The van der Waals surface area contributed by atoms with E-state index >= 15 is 0 Å². The Morgan fingerprint density at radius 2 is 1.75 bits per heavy atom. The van der Waals surface area contributed by atoms with Crippen molar-refractivity contribution in [2.75, 3.05) is 13.7 Å². The summed E-state index contributed by atoms with van der Waals surface area (Å²) in [7, 11) is 1.31. The molecule has 0 aliphatic rings. The largest absolute Gasteiger partial charge is 0.466 e. The minimum absolute atomic E-state index is 0.394. The average Bonchev–Trinajstić information content (AvgIpc) is 2.28. The predicted octanol–water partition coefficient (Wildman–Crippen LogP) is 1.44. The second-order valence-electron chi connectivity index (χ2n) is 2.39. The molecule has 0 aliphatic heterocycles. The topological polar surface area (TPSA) is 61.8 Å². The number of carbonyl (C=O) groups is 2. The first-order valence-electron chi connectivity index (χ1n) is 4.66. The second-order valence-corrected chi connectivity index (χ2v) is 2.39. The number of hydrogen-bond donors (Lipinski definition) is 0. The molecule has 0 aromatic carbocycles. The molecule has 0 heterocycles. The fourth-order valence-electron chi connectivity index (χ4n) is 0.564. The monoisotopic (exact) mass is 230 g/mol. The Hall–Kier alpha value is -1.62. The smallest absolute Gasteiger partial charge is 0.332 e. The van der Waals surface area contributed by atoms with Crippen LogP contribution in [0.5, 0.6) is 0 Å². The first-order chi connectivity index (χ1) is 7.51. The number of ether oxygens (including phenoxy) is 3. The minimum Gasteiger partial charge on any atom is -0.466 e. The van der Waals surface area contributed by atoms with E-state index in [-0.39, 0.29) is 0 Å². The normalized spacial score (nSPS) is 10.2. The lowest BCUT2D eigenvalue weighted by Gasteiger charge is -2.10. The number of hydrogen-bond acceptors (Lipinski definition) is 5. The summed E-state index contributed by atoms with van der Waals surface area (Å²) in [6.45, 7) is 10.4. The predicted molar refractivity (Wildman–Crippen MR) is 59.6 cm³/mol. The SMILES string of the molecule is C=CC(=O)OC.C=CC(=O)OC(C)OCC. The molecule has 0 aromatic heterocycles. The fourth-order valence-corrected chi connectivity index (χ4v) is 0.564. The summed E-state index contributed by atoms with van der Waals surface area (Å²) in [4.78, 5) is 20.3. The highest BCUT2D eigenvalue weighted by atomic mass is 16.7. The molecule has 0 saturated carbocycles. The van der Waals surface area contributed by atoms with Crippen molar-refractivity contribution in [3.63, 3.8) is 0 Å². The van der Waals surface area contributed by atoms with Gasteiger partial charge in [0.25, 0.3) is 0 Å². The van der Waals surface area contributed by atoms with Crippen molar-refractivity contribution < 1.29 is 23.8 Å². The Morgan fingerprint density at radius 3 is 2.00 bits per heavy atom. The van der Waals surface area contributed by atoms with E-state index in [9.17, 15) is 9.59 Å². The molecule has 16 heavy (non-hydrogen) atoms. The van der Waals surface area contributed by atoms with Gasteiger partial charge in [0.05, 0.1) is 7.11 Å². The maximum atomic E-state index is 10.5. The summed E-state index contributed by atoms with van der Waals surface area (Å²) in [5.74, 6) is -0.851. The van der Waals surface area contributed by atoms with E-state index in [0.717, 1.165) is 12.2 Å². The fraction of sp³-hybridized carbons (Fsp3) is 0.455. The quantitative estimate of drug-likeness (QED) is 0.406. The van der Waals surface area contributed by atoms with Gasteiger partial charge in [0.1, 0.15) is 0 Å². The van der Waals surface area contributed by atoms with Crippen LogP contribution in [0.2, 0.25) is 0 Å². The molecule has 5 nitrogen and oxygen atoms in total. The minimum atomic E-state index is -0.476. The molecule has 1 atom stereocenters. The maximum absolute atomic E-state index is 10.5. The van der Waals surface area contributed by atoms with Crippen LogP contribution in [0.3, 0.4) is 0 Å². The highest BCUT2D eigenvalue weighted by Crippen LogP contribution is 1.93. The summed E-state index contributed by atoms with van der Waals surface area (Å²) in [5, 5.41) is 0. The molecule has 0 spiro atoms. The molecule has 1 unspecified atom stereocenters. The number of carbonyl (C=O) groups excluding carboxylic acids is 2. The van der Waals surface area contributed by atoms with Gasteiger partial charge in [-0.3, -0.25) is 0 Å². The molecule has 0 bridgehead atoms. The summed E-state index contributed by atoms with van der Waals surface area (Å²) in [6.07, 6.45) is 1.74. The number of methoxy groups -OCH3 is 1. The first kappa shape index (κ1) is 16.8. The van der Waals surface area contributed by atoms with Crippen LogP contribution in [-0.2, 0) is 23.8 Å². The molecule has 0 aliphatic carbocycles. The molecule has 0 radical (unpaired) electrons. The van der Waals surface area contributed by atoms with Gasteiger partial charge in [0, 0.05) is 18.8 Å². The lowest BCUT2D eigenvalue weighted by atomic mass is 10.6. The van der Waals surface area contributed by atoms with Crippen molar-refractivity contribution in [1.82, 2.24) is 0 Å². The van der Waals surface area contributed by atoms with Crippen LogP contribution in [-0.4, -0.2) is 31.9 Å². The molecule has 0 N–H and O–H groups in total. The van der Waals surface area contributed by atoms with E-state index in [1.165, 1.54) is 7.11 Å². The lowest BCUT2D eigenvalue weighted by Crippen LogP contribution is -2.16. The van der Waals surface area contributed by atoms with Crippen LogP contribution in [0.4, 0.5) is 0 Å². The highest BCUT2D eigenvalue weighted by molar-refractivity contribution is 5.81. The van der Waals surface area contributed by atoms with Crippen LogP contribution >= 0.6 is 0 Å². The van der Waals surface area contributed by atoms with Crippen molar-refractivity contribution in [3.8, 4) is 0 Å². The standard InChI is InChI=1S/C7H12O3.C4H6O2/c1-4-7(8)10-6(3)9-5-2;1-3-4(5)6-2/h4,6H,1,5H2,2-3H3;3H,1H2,2H3. The van der Waals surface area contributed by atoms with Crippen LogP contribution in [0.25, 0.3) is 0 Å². The van der Waals surface area contributed by atoms with Crippen LogP contribution in [0.15, 0.2) is 25.3 Å². The van der Waals surface area contributed by atoms with Gasteiger partial charge >= 0.3 is 11.9 Å². The Labute approximate surface area is 95.7 Å². The third kappa shape index (κ3) is 12.4. The zero-order valence-corrected chi connectivity index (χ0v) is 9.89. The molecule has 92 valence electrons. The number of rotatable bonds is 5. The summed E-state index contributed by atoms with van der Waals surface area (Å²) in [5.41, 5.74) is 0. The third-order valence-electron chi connectivity index (χ3n) is 1.22. The Morgan fingerprint density at radius 1 is 1.25 bits per heavy atom. The van der Waals surface area contributed by atoms with E-state index in [2.05, 4.69) is 22.6 Å². The van der Waals surface area contributed by atoms with Crippen molar-refractivity contribution in [3.05, 3.63) is 25.3 Å². The van der Waals surface area contributed by atoms with Crippen molar-refractivity contribution >= 4 is 11.9 Å². The van der Waals surface area contributed by atoms with Gasteiger partial charge in [0.2, 0.25) is 0 Å². The lowest BCUT2D eigenvalue weighted by molar-refractivity contribution is -0.167. The zero-order valence-electron chi connectivity index (χ0n) is 9.89. The highest BCUT2D eigenvalue weighted by Gasteiger charge is 2.03. The van der Waals surface area contributed by atoms with Gasteiger partial charge in [-0.05, 0) is 13.8 Å². The Bertz CT molecular complexity index is 235. The van der Waals surface area contributed by atoms with E-state index in [1.54, 1.807) is 6.92 Å². The van der Waals surface area contributed by atoms with E-state index in [1.807, 2.05) is 6.92 Å². The van der Waals surface area contributed by atoms with Crippen LogP contribution in [0.1, 0.15) is 13.8 Å². The molecular weight excluding hydrogens is 212 g/mol. The second kappa shape index (κ2) is 11.5. The molecule has 0 amide bonds. The van der Waals surface area contributed by atoms with Crippen molar-refractivity contribution in [1.29, 1.82) is 0 Å². The van der Waals surface area contributed by atoms with E-state index in [4.69, 9.17) is 4.74 Å². The van der Waals surface area contributed by atoms with Crippen molar-refractivity contribution in [2.24, 2.45) is 0 Å². The molecule has 5 heteroatoms. The summed E-state index contributed by atoms with van der Waals surface area (Å²) >= 11 is 0. The molecule has 0 rings (SSSR count). The maximum Gasteiger partial charge on any atom is 0.332 e. The molecule has 0 saturated heterocycles. The van der Waals surface area contributed by atoms with Crippen molar-refractivity contribution in [2.45, 2.75) is 20.1 Å². The van der Waals surface area contributed by atoms with Gasteiger partial charge in [0.15, 0.2) is 6.29 Å². The van der Waals surface area contributed by atoms with Crippen LogP contribution < -0.4 is 0 Å². The van der Waals surface area contributed by atoms with E-state index < -0.39 is 18.2 Å². The molecule has 0 fully saturated rings. The average molecular weight is 230 g/mol. The zero-order chi connectivity index (χ0) is 13.0. The van der Waals surface area contributed by atoms with Gasteiger partial charge in [-0.15, -0.1) is 0 Å². The number of esters is 2. The van der Waals surface area contributed by atoms with Crippen LogP contribution in [0, 0.1) is 0 Å². The van der Waals surface area contributed by atoms with Gasteiger partial charge in [-0.1, -0.05) is 13.2 Å². The van der Waals surface area contributed by atoms with Gasteiger partial charge < -0.3 is 14.2 Å².